The lowest BCUT2D eigenvalue weighted by molar-refractivity contribution is -0.138. The number of hydrogen-bond acceptors (Lipinski definition) is 4. The highest BCUT2D eigenvalue weighted by Gasteiger charge is 2.21. The fraction of sp³-hybridized carbons (Fsp3) is 0.500. The van der Waals surface area contributed by atoms with E-state index in [1.165, 1.54) is 11.0 Å². The van der Waals surface area contributed by atoms with Crippen molar-refractivity contribution in [2.24, 2.45) is 0 Å². The minimum Gasteiger partial charge on any atom is -0.480 e. The van der Waals surface area contributed by atoms with Crippen molar-refractivity contribution in [1.29, 1.82) is 0 Å². The predicted octanol–water partition coefficient (Wildman–Crippen LogP) is 0.378. The maximum atomic E-state index is 11.2. The molecule has 6 heteroatoms. The number of aryl methyl sites for hydroxylation is 1. The van der Waals surface area contributed by atoms with Gasteiger partial charge in [0.15, 0.2) is 0 Å². The molecule has 0 saturated heterocycles. The number of aromatic amines is 1. The fourth-order valence-corrected chi connectivity index (χ4v) is 1.52. The average molecular weight is 225 g/mol. The van der Waals surface area contributed by atoms with Gasteiger partial charge in [-0.1, -0.05) is 6.92 Å². The van der Waals surface area contributed by atoms with Gasteiger partial charge in [-0.25, -0.2) is 9.78 Å². The standard InChI is InChI=1S/C10H15N3O3/c1-4-7(10(15)16)13(3)8-5-9(14)12-6(2)11-8/h5,7H,4H2,1-3H3,(H,15,16)(H,11,12,14). The van der Waals surface area contributed by atoms with Crippen LogP contribution in [0.4, 0.5) is 5.82 Å². The second-order valence-electron chi connectivity index (χ2n) is 3.56. The number of nitrogens with one attached hydrogen (secondary N) is 1. The number of rotatable bonds is 4. The summed E-state index contributed by atoms with van der Waals surface area (Å²) in [6.45, 7) is 3.43. The van der Waals surface area contributed by atoms with E-state index in [2.05, 4.69) is 9.97 Å². The minimum atomic E-state index is -0.926. The molecule has 0 spiro atoms. The Hall–Kier alpha value is -1.85. The van der Waals surface area contributed by atoms with E-state index >= 15 is 0 Å². The van der Waals surface area contributed by atoms with E-state index in [9.17, 15) is 9.59 Å². The average Bonchev–Trinajstić information content (AvgIpc) is 2.16. The van der Waals surface area contributed by atoms with Crippen molar-refractivity contribution >= 4 is 11.8 Å². The lowest BCUT2D eigenvalue weighted by atomic mass is 10.2. The van der Waals surface area contributed by atoms with Crippen LogP contribution < -0.4 is 10.5 Å². The molecule has 2 N–H and O–H groups in total. The zero-order valence-corrected chi connectivity index (χ0v) is 9.52. The summed E-state index contributed by atoms with van der Waals surface area (Å²) in [6, 6.07) is 0.618. The summed E-state index contributed by atoms with van der Waals surface area (Å²) in [4.78, 5) is 30.3. The molecule has 1 aromatic heterocycles. The van der Waals surface area contributed by atoms with Crippen LogP contribution in [-0.2, 0) is 4.79 Å². The van der Waals surface area contributed by atoms with Crippen LogP contribution in [0.3, 0.4) is 0 Å². The van der Waals surface area contributed by atoms with Gasteiger partial charge in [0.25, 0.3) is 5.56 Å². The van der Waals surface area contributed by atoms with Gasteiger partial charge in [-0.15, -0.1) is 0 Å². The summed E-state index contributed by atoms with van der Waals surface area (Å²) in [6.07, 6.45) is 0.444. The fourth-order valence-electron chi connectivity index (χ4n) is 1.52. The third kappa shape index (κ3) is 2.59. The van der Waals surface area contributed by atoms with E-state index < -0.39 is 12.0 Å². The van der Waals surface area contributed by atoms with Gasteiger partial charge in [-0.3, -0.25) is 4.79 Å². The van der Waals surface area contributed by atoms with Crippen molar-refractivity contribution in [3.8, 4) is 0 Å². The summed E-state index contributed by atoms with van der Waals surface area (Å²) >= 11 is 0. The number of carbonyl (C=O) groups is 1. The Balaban J connectivity index is 3.07. The van der Waals surface area contributed by atoms with Gasteiger partial charge >= 0.3 is 5.97 Å². The van der Waals surface area contributed by atoms with E-state index in [4.69, 9.17) is 5.11 Å². The molecule has 0 radical (unpaired) electrons. The van der Waals surface area contributed by atoms with Crippen LogP contribution in [0.15, 0.2) is 10.9 Å². The van der Waals surface area contributed by atoms with Crippen LogP contribution in [0, 0.1) is 6.92 Å². The molecule has 0 amide bonds. The highest BCUT2D eigenvalue weighted by molar-refractivity contribution is 5.77. The first-order valence-electron chi connectivity index (χ1n) is 4.99. The van der Waals surface area contributed by atoms with Gasteiger partial charge in [0, 0.05) is 13.1 Å². The molecule has 88 valence electrons. The third-order valence-corrected chi connectivity index (χ3v) is 2.35. The maximum absolute atomic E-state index is 11.2. The van der Waals surface area contributed by atoms with E-state index in [0.29, 0.717) is 18.1 Å². The van der Waals surface area contributed by atoms with E-state index in [1.807, 2.05) is 0 Å². The molecule has 0 aliphatic carbocycles. The molecule has 16 heavy (non-hydrogen) atoms. The molecule has 0 aromatic carbocycles. The molecule has 1 rings (SSSR count). The Morgan fingerprint density at radius 3 is 2.75 bits per heavy atom. The van der Waals surface area contributed by atoms with E-state index in [1.54, 1.807) is 20.9 Å². The Bertz CT molecular complexity index is 441. The van der Waals surface area contributed by atoms with Crippen LogP contribution in [0.2, 0.25) is 0 Å². The second-order valence-corrected chi connectivity index (χ2v) is 3.56. The first kappa shape index (κ1) is 12.2. The second kappa shape index (κ2) is 4.78. The number of hydrogen-bond donors (Lipinski definition) is 2. The molecule has 1 atom stereocenters. The Morgan fingerprint density at radius 1 is 1.69 bits per heavy atom. The number of carboxylic acids is 1. The number of nitrogens with zero attached hydrogens (tertiary/aromatic N) is 2. The van der Waals surface area contributed by atoms with Crippen molar-refractivity contribution in [1.82, 2.24) is 9.97 Å². The molecule has 0 aliphatic heterocycles. The predicted molar refractivity (Wildman–Crippen MR) is 59.7 cm³/mol. The molecule has 1 aromatic rings. The van der Waals surface area contributed by atoms with Crippen molar-refractivity contribution < 1.29 is 9.90 Å². The van der Waals surface area contributed by atoms with Crippen molar-refractivity contribution in [3.05, 3.63) is 22.2 Å². The number of anilines is 1. The lowest BCUT2D eigenvalue weighted by Gasteiger charge is -2.24. The minimum absolute atomic E-state index is 0.283. The van der Waals surface area contributed by atoms with Gasteiger partial charge in [0.2, 0.25) is 0 Å². The van der Waals surface area contributed by atoms with Crippen molar-refractivity contribution in [3.63, 3.8) is 0 Å². The number of aromatic nitrogens is 2. The van der Waals surface area contributed by atoms with Gasteiger partial charge in [-0.2, -0.15) is 0 Å². The summed E-state index contributed by atoms with van der Waals surface area (Å²) in [5.41, 5.74) is -0.283. The van der Waals surface area contributed by atoms with Crippen LogP contribution in [0.5, 0.6) is 0 Å². The summed E-state index contributed by atoms with van der Waals surface area (Å²) < 4.78 is 0. The first-order valence-corrected chi connectivity index (χ1v) is 4.99. The maximum Gasteiger partial charge on any atom is 0.326 e. The summed E-state index contributed by atoms with van der Waals surface area (Å²) in [5, 5.41) is 8.99. The Labute approximate surface area is 92.9 Å². The quantitative estimate of drug-likeness (QED) is 0.773. The number of aliphatic carboxylic acids is 1. The molecular weight excluding hydrogens is 210 g/mol. The zero-order valence-electron chi connectivity index (χ0n) is 9.52. The Morgan fingerprint density at radius 2 is 2.31 bits per heavy atom. The van der Waals surface area contributed by atoms with E-state index in [-0.39, 0.29) is 5.56 Å². The zero-order chi connectivity index (χ0) is 12.3. The largest absolute Gasteiger partial charge is 0.480 e. The molecule has 0 bridgehead atoms. The molecule has 1 unspecified atom stereocenters. The van der Waals surface area contributed by atoms with Gasteiger partial charge < -0.3 is 15.0 Å². The topological polar surface area (TPSA) is 86.3 Å². The van der Waals surface area contributed by atoms with Gasteiger partial charge in [0.05, 0.1) is 0 Å². The Kier molecular flexibility index (Phi) is 3.65. The van der Waals surface area contributed by atoms with Crippen LogP contribution in [0.1, 0.15) is 19.2 Å². The van der Waals surface area contributed by atoms with Crippen molar-refractivity contribution in [2.45, 2.75) is 26.3 Å². The SMILES string of the molecule is CCC(C(=O)O)N(C)c1cc(=O)[nH]c(C)n1. The van der Waals surface area contributed by atoms with Gasteiger partial charge in [0.1, 0.15) is 17.7 Å². The first-order chi connectivity index (χ1) is 7.45. The monoisotopic (exact) mass is 225 g/mol. The highest BCUT2D eigenvalue weighted by Crippen LogP contribution is 2.11. The molecule has 0 saturated carbocycles. The summed E-state index contributed by atoms with van der Waals surface area (Å²) in [5.74, 6) is -0.0881. The molecule has 0 aliphatic rings. The van der Waals surface area contributed by atoms with Crippen LogP contribution in [-0.4, -0.2) is 34.1 Å². The number of H-pyrrole nitrogens is 1. The lowest BCUT2D eigenvalue weighted by Crippen LogP contribution is -2.39. The molecular formula is C10H15N3O3. The van der Waals surface area contributed by atoms with Crippen molar-refractivity contribution in [2.75, 3.05) is 11.9 Å². The van der Waals surface area contributed by atoms with Crippen LogP contribution >= 0.6 is 0 Å². The molecule has 1 heterocycles. The molecule has 6 nitrogen and oxygen atoms in total. The van der Waals surface area contributed by atoms with Crippen LogP contribution in [0.25, 0.3) is 0 Å². The smallest absolute Gasteiger partial charge is 0.326 e. The molecule has 0 fully saturated rings. The number of likely N-dealkylation sites (N-methyl/N-ethyl adjacent to an activating group) is 1. The highest BCUT2D eigenvalue weighted by atomic mass is 16.4. The number of carboxylic acid groups (broad SMARTS) is 1. The third-order valence-electron chi connectivity index (χ3n) is 2.35. The van der Waals surface area contributed by atoms with Gasteiger partial charge in [-0.05, 0) is 13.3 Å². The normalized spacial score (nSPS) is 12.2. The summed E-state index contributed by atoms with van der Waals surface area (Å²) in [7, 11) is 1.61. The van der Waals surface area contributed by atoms with E-state index in [0.717, 1.165) is 0 Å².